The molecule has 0 aliphatic heterocycles. The summed E-state index contributed by atoms with van der Waals surface area (Å²) in [5.41, 5.74) is 4.47. The lowest BCUT2D eigenvalue weighted by Gasteiger charge is -2.06. The summed E-state index contributed by atoms with van der Waals surface area (Å²) in [7, 11) is 3.11. The van der Waals surface area contributed by atoms with Crippen LogP contribution in [0.2, 0.25) is 0 Å². The van der Waals surface area contributed by atoms with E-state index in [1.54, 1.807) is 44.6 Å². The zero-order valence-electron chi connectivity index (χ0n) is 15.3. The van der Waals surface area contributed by atoms with Crippen molar-refractivity contribution in [3.63, 3.8) is 0 Å². The number of aromatic nitrogens is 2. The van der Waals surface area contributed by atoms with E-state index in [2.05, 4.69) is 20.5 Å². The fourth-order valence-electron chi connectivity index (χ4n) is 2.37. The van der Waals surface area contributed by atoms with E-state index >= 15 is 0 Å². The van der Waals surface area contributed by atoms with Gasteiger partial charge in [-0.05, 0) is 36.4 Å². The summed E-state index contributed by atoms with van der Waals surface area (Å²) < 4.78 is 10.4. The van der Waals surface area contributed by atoms with Crippen LogP contribution in [0.5, 0.6) is 17.2 Å². The standard InChI is InChI=1S/C20H18N4O4/c1-27-16-7-13(8-17(9-16)28-2)10-22-24-20(26)19-12-21-11-18(23-19)14-3-5-15(25)6-4-14/h3-12,25H,1-2H3,(H,24,26)/b22-10+. The Hall–Kier alpha value is -3.94. The Morgan fingerprint density at radius 1 is 1.07 bits per heavy atom. The van der Waals surface area contributed by atoms with Gasteiger partial charge in [0.1, 0.15) is 22.9 Å². The summed E-state index contributed by atoms with van der Waals surface area (Å²) in [5.74, 6) is 0.868. The van der Waals surface area contributed by atoms with Crippen molar-refractivity contribution in [2.45, 2.75) is 0 Å². The Morgan fingerprint density at radius 2 is 1.75 bits per heavy atom. The number of phenols is 1. The Labute approximate surface area is 161 Å². The van der Waals surface area contributed by atoms with Crippen LogP contribution in [0.25, 0.3) is 11.3 Å². The molecule has 0 atom stereocenters. The fourth-order valence-corrected chi connectivity index (χ4v) is 2.37. The zero-order chi connectivity index (χ0) is 19.9. The van der Waals surface area contributed by atoms with Crippen molar-refractivity contribution in [3.8, 4) is 28.5 Å². The molecule has 0 radical (unpaired) electrons. The number of nitrogens with one attached hydrogen (secondary N) is 1. The highest BCUT2D eigenvalue weighted by Gasteiger charge is 2.09. The number of hydrogen-bond acceptors (Lipinski definition) is 7. The molecule has 0 aliphatic carbocycles. The monoisotopic (exact) mass is 378 g/mol. The second-order valence-corrected chi connectivity index (χ2v) is 5.68. The van der Waals surface area contributed by atoms with Crippen LogP contribution in [-0.4, -0.2) is 41.4 Å². The van der Waals surface area contributed by atoms with Gasteiger partial charge in [-0.3, -0.25) is 9.78 Å². The van der Waals surface area contributed by atoms with Crippen LogP contribution >= 0.6 is 0 Å². The van der Waals surface area contributed by atoms with Gasteiger partial charge in [-0.1, -0.05) is 0 Å². The van der Waals surface area contributed by atoms with Crippen molar-refractivity contribution in [2.75, 3.05) is 14.2 Å². The summed E-state index contributed by atoms with van der Waals surface area (Å²) in [4.78, 5) is 20.6. The van der Waals surface area contributed by atoms with Gasteiger partial charge in [0.25, 0.3) is 5.91 Å². The number of benzene rings is 2. The molecule has 0 saturated carbocycles. The van der Waals surface area contributed by atoms with Gasteiger partial charge in [0.05, 0.1) is 38.5 Å². The number of amides is 1. The molecule has 1 aromatic heterocycles. The van der Waals surface area contributed by atoms with Crippen LogP contribution in [0, 0.1) is 0 Å². The number of ether oxygens (including phenoxy) is 2. The van der Waals surface area contributed by atoms with E-state index in [9.17, 15) is 9.90 Å². The molecular formula is C20H18N4O4. The Bertz CT molecular complexity index is 981. The van der Waals surface area contributed by atoms with Crippen LogP contribution in [0.3, 0.4) is 0 Å². The highest BCUT2D eigenvalue weighted by molar-refractivity contribution is 5.93. The number of rotatable bonds is 6. The minimum atomic E-state index is -0.501. The highest BCUT2D eigenvalue weighted by atomic mass is 16.5. The number of carbonyl (C=O) groups is 1. The van der Waals surface area contributed by atoms with Crippen molar-refractivity contribution in [3.05, 3.63) is 66.1 Å². The lowest BCUT2D eigenvalue weighted by atomic mass is 10.1. The van der Waals surface area contributed by atoms with E-state index in [4.69, 9.17) is 9.47 Å². The van der Waals surface area contributed by atoms with Crippen LogP contribution < -0.4 is 14.9 Å². The highest BCUT2D eigenvalue weighted by Crippen LogP contribution is 2.21. The van der Waals surface area contributed by atoms with Gasteiger partial charge >= 0.3 is 0 Å². The molecule has 2 aromatic carbocycles. The zero-order valence-corrected chi connectivity index (χ0v) is 15.3. The molecule has 1 amide bonds. The van der Waals surface area contributed by atoms with Gasteiger partial charge in [-0.25, -0.2) is 10.4 Å². The molecule has 28 heavy (non-hydrogen) atoms. The number of hydrogen-bond donors (Lipinski definition) is 2. The van der Waals surface area contributed by atoms with Crippen molar-refractivity contribution >= 4 is 12.1 Å². The number of nitrogens with zero attached hydrogens (tertiary/aromatic N) is 3. The van der Waals surface area contributed by atoms with Crippen LogP contribution in [0.1, 0.15) is 16.1 Å². The summed E-state index contributed by atoms with van der Waals surface area (Å²) >= 11 is 0. The lowest BCUT2D eigenvalue weighted by Crippen LogP contribution is -2.19. The molecule has 0 unspecified atom stereocenters. The topological polar surface area (TPSA) is 106 Å². The van der Waals surface area contributed by atoms with E-state index in [-0.39, 0.29) is 11.4 Å². The van der Waals surface area contributed by atoms with Crippen molar-refractivity contribution < 1.29 is 19.4 Å². The molecule has 0 bridgehead atoms. The third-order valence-corrected chi connectivity index (χ3v) is 3.78. The maximum absolute atomic E-state index is 12.3. The third-order valence-electron chi connectivity index (χ3n) is 3.78. The SMILES string of the molecule is COc1cc(/C=N/NC(=O)c2cncc(-c3ccc(O)cc3)n2)cc(OC)c1. The smallest absolute Gasteiger partial charge is 0.291 e. The molecule has 3 aromatic rings. The molecule has 0 fully saturated rings. The van der Waals surface area contributed by atoms with Crippen molar-refractivity contribution in [1.82, 2.24) is 15.4 Å². The minimum absolute atomic E-state index is 0.117. The number of hydrazone groups is 1. The Morgan fingerprint density at radius 3 is 2.39 bits per heavy atom. The quantitative estimate of drug-likeness (QED) is 0.505. The fraction of sp³-hybridized carbons (Fsp3) is 0.100. The summed E-state index contributed by atoms with van der Waals surface area (Å²) in [5, 5.41) is 13.3. The number of carbonyl (C=O) groups excluding carboxylic acids is 1. The normalized spacial score (nSPS) is 10.6. The number of aromatic hydroxyl groups is 1. The number of methoxy groups -OCH3 is 2. The summed E-state index contributed by atoms with van der Waals surface area (Å²) in [6.45, 7) is 0. The minimum Gasteiger partial charge on any atom is -0.508 e. The lowest BCUT2D eigenvalue weighted by molar-refractivity contribution is 0.0950. The van der Waals surface area contributed by atoms with Crippen LogP contribution in [0.4, 0.5) is 0 Å². The molecule has 0 spiro atoms. The molecule has 0 aliphatic rings. The molecular weight excluding hydrogens is 360 g/mol. The second kappa shape index (κ2) is 8.63. The Kier molecular flexibility index (Phi) is 5.81. The molecule has 8 heteroatoms. The predicted molar refractivity (Wildman–Crippen MR) is 104 cm³/mol. The second-order valence-electron chi connectivity index (χ2n) is 5.68. The van der Waals surface area contributed by atoms with E-state index in [0.29, 0.717) is 22.8 Å². The van der Waals surface area contributed by atoms with E-state index in [0.717, 1.165) is 5.56 Å². The maximum Gasteiger partial charge on any atom is 0.291 e. The predicted octanol–water partition coefficient (Wildman–Crippen LogP) is 2.63. The third kappa shape index (κ3) is 4.61. The van der Waals surface area contributed by atoms with Crippen LogP contribution in [-0.2, 0) is 0 Å². The molecule has 8 nitrogen and oxygen atoms in total. The maximum atomic E-state index is 12.3. The molecule has 1 heterocycles. The first-order valence-corrected chi connectivity index (χ1v) is 8.27. The molecule has 142 valence electrons. The summed E-state index contributed by atoms with van der Waals surface area (Å²) in [6, 6.07) is 11.7. The van der Waals surface area contributed by atoms with Gasteiger partial charge in [0, 0.05) is 17.2 Å². The average Bonchev–Trinajstić information content (AvgIpc) is 2.74. The first-order valence-electron chi connectivity index (χ1n) is 8.27. The van der Waals surface area contributed by atoms with Gasteiger partial charge in [0.15, 0.2) is 0 Å². The van der Waals surface area contributed by atoms with Gasteiger partial charge < -0.3 is 14.6 Å². The summed E-state index contributed by atoms with van der Waals surface area (Å²) in [6.07, 6.45) is 4.36. The molecule has 2 N–H and O–H groups in total. The molecule has 3 rings (SSSR count). The average molecular weight is 378 g/mol. The van der Waals surface area contributed by atoms with Gasteiger partial charge in [-0.15, -0.1) is 0 Å². The first-order chi connectivity index (χ1) is 13.6. The Balaban J connectivity index is 1.72. The number of phenolic OH excluding ortho intramolecular Hbond substituents is 1. The first kappa shape index (κ1) is 18.8. The molecule has 0 saturated heterocycles. The van der Waals surface area contributed by atoms with E-state index in [1.807, 2.05) is 0 Å². The van der Waals surface area contributed by atoms with Gasteiger partial charge in [-0.2, -0.15) is 5.10 Å². The largest absolute Gasteiger partial charge is 0.508 e. The van der Waals surface area contributed by atoms with E-state index in [1.165, 1.54) is 30.7 Å². The van der Waals surface area contributed by atoms with Crippen molar-refractivity contribution in [1.29, 1.82) is 0 Å². The van der Waals surface area contributed by atoms with Crippen molar-refractivity contribution in [2.24, 2.45) is 5.10 Å². The van der Waals surface area contributed by atoms with E-state index < -0.39 is 5.91 Å². The van der Waals surface area contributed by atoms with Crippen LogP contribution in [0.15, 0.2) is 60.0 Å². The van der Waals surface area contributed by atoms with Gasteiger partial charge in [0.2, 0.25) is 0 Å².